The van der Waals surface area contributed by atoms with Crippen molar-refractivity contribution in [3.63, 3.8) is 0 Å². The molecule has 0 aromatic heterocycles. The van der Waals surface area contributed by atoms with Crippen LogP contribution in [0.2, 0.25) is 10.0 Å². The Labute approximate surface area is 155 Å². The second-order valence-electron chi connectivity index (χ2n) is 5.50. The molecule has 2 amide bonds. The summed E-state index contributed by atoms with van der Waals surface area (Å²) in [5, 5.41) is 0.821. The van der Waals surface area contributed by atoms with Crippen LogP contribution in [0.1, 0.15) is 22.3 Å². The van der Waals surface area contributed by atoms with Crippen LogP contribution >= 0.6 is 23.2 Å². The number of nitrogens with zero attached hydrogens (tertiary/aromatic N) is 1. The normalized spacial score (nSPS) is 13.0. The van der Waals surface area contributed by atoms with E-state index in [1.807, 2.05) is 12.1 Å². The first-order valence-electron chi connectivity index (χ1n) is 7.57. The van der Waals surface area contributed by atoms with E-state index < -0.39 is 0 Å². The first kappa shape index (κ1) is 17.3. The lowest BCUT2D eigenvalue weighted by atomic mass is 10.1. The number of amides is 2. The fourth-order valence-electron chi connectivity index (χ4n) is 2.56. The number of hydrazine groups is 1. The Morgan fingerprint density at radius 2 is 1.80 bits per heavy atom. The maximum absolute atomic E-state index is 12.4. The highest BCUT2D eigenvalue weighted by molar-refractivity contribution is 6.42. The molecule has 7 heteroatoms. The van der Waals surface area contributed by atoms with Gasteiger partial charge in [-0.2, -0.15) is 0 Å². The van der Waals surface area contributed by atoms with Crippen LogP contribution in [-0.4, -0.2) is 23.3 Å². The fraction of sp³-hybridized carbons (Fsp3) is 0.111. The highest BCUT2D eigenvalue weighted by Crippen LogP contribution is 2.31. The van der Waals surface area contributed by atoms with Crippen molar-refractivity contribution in [2.75, 3.05) is 12.0 Å². The number of hydrogen-bond donors (Lipinski definition) is 2. The zero-order chi connectivity index (χ0) is 18.0. The molecule has 2 aromatic carbocycles. The summed E-state index contributed by atoms with van der Waals surface area (Å²) in [5.74, 6) is -0.395. The molecule has 0 fully saturated rings. The Morgan fingerprint density at radius 1 is 1.08 bits per heavy atom. The molecule has 0 spiro atoms. The predicted molar refractivity (Wildman–Crippen MR) is 99.4 cm³/mol. The van der Waals surface area contributed by atoms with E-state index >= 15 is 0 Å². The highest BCUT2D eigenvalue weighted by Gasteiger charge is 2.30. The van der Waals surface area contributed by atoms with Gasteiger partial charge in [0.2, 0.25) is 5.91 Å². The van der Waals surface area contributed by atoms with Gasteiger partial charge in [-0.1, -0.05) is 48.0 Å². The first-order valence-corrected chi connectivity index (χ1v) is 8.33. The molecule has 3 rings (SSSR count). The van der Waals surface area contributed by atoms with Crippen molar-refractivity contribution >= 4 is 46.4 Å². The summed E-state index contributed by atoms with van der Waals surface area (Å²) in [4.78, 5) is 25.9. The molecule has 5 nitrogen and oxygen atoms in total. The Kier molecular flexibility index (Phi) is 4.97. The molecule has 2 N–H and O–H groups in total. The van der Waals surface area contributed by atoms with E-state index in [-0.39, 0.29) is 24.8 Å². The van der Waals surface area contributed by atoms with E-state index in [1.165, 1.54) is 4.90 Å². The topological polar surface area (TPSA) is 61.4 Å². The van der Waals surface area contributed by atoms with Crippen LogP contribution in [0.15, 0.2) is 49.0 Å². The van der Waals surface area contributed by atoms with Crippen LogP contribution in [0, 0.1) is 0 Å². The monoisotopic (exact) mass is 375 g/mol. The van der Waals surface area contributed by atoms with Crippen molar-refractivity contribution in [2.45, 2.75) is 6.42 Å². The average molecular weight is 376 g/mol. The Bertz CT molecular complexity index is 832. The van der Waals surface area contributed by atoms with Gasteiger partial charge in [0.05, 0.1) is 15.7 Å². The fourth-order valence-corrected chi connectivity index (χ4v) is 2.86. The smallest absolute Gasteiger partial charge is 0.258 e. The van der Waals surface area contributed by atoms with Crippen molar-refractivity contribution in [1.82, 2.24) is 10.3 Å². The third kappa shape index (κ3) is 3.62. The quantitative estimate of drug-likeness (QED) is 0.777. The van der Waals surface area contributed by atoms with Gasteiger partial charge in [-0.15, -0.1) is 0 Å². The molecule has 0 bridgehead atoms. The first-order chi connectivity index (χ1) is 12.0. The van der Waals surface area contributed by atoms with Gasteiger partial charge in [0, 0.05) is 29.8 Å². The third-order valence-electron chi connectivity index (χ3n) is 3.87. The Balaban J connectivity index is 1.54. The number of fused-ring (bicyclic) bond motifs is 1. The van der Waals surface area contributed by atoms with Gasteiger partial charge >= 0.3 is 0 Å². The molecule has 0 saturated carbocycles. The summed E-state index contributed by atoms with van der Waals surface area (Å²) in [6, 6.07) is 12.2. The average Bonchev–Trinajstić information content (AvgIpc) is 2.85. The molecule has 1 heterocycles. The maximum Gasteiger partial charge on any atom is 0.258 e. The molecule has 0 aliphatic carbocycles. The van der Waals surface area contributed by atoms with E-state index in [1.54, 1.807) is 30.3 Å². The summed E-state index contributed by atoms with van der Waals surface area (Å²) >= 11 is 11.8. The SMILES string of the molecule is C=C1c2ccccc2C(=O)N1CCC(=O)NNc1ccc(Cl)c(Cl)c1. The molecule has 0 atom stereocenters. The second-order valence-corrected chi connectivity index (χ2v) is 6.32. The van der Waals surface area contributed by atoms with Crippen LogP contribution in [-0.2, 0) is 4.79 Å². The van der Waals surface area contributed by atoms with Gasteiger partial charge < -0.3 is 4.90 Å². The summed E-state index contributed by atoms with van der Waals surface area (Å²) in [7, 11) is 0. The summed E-state index contributed by atoms with van der Waals surface area (Å²) in [5.41, 5.74) is 7.97. The van der Waals surface area contributed by atoms with E-state index in [4.69, 9.17) is 23.2 Å². The number of halogens is 2. The largest absolute Gasteiger partial charge is 0.308 e. The van der Waals surface area contributed by atoms with Crippen molar-refractivity contribution in [3.05, 3.63) is 70.2 Å². The van der Waals surface area contributed by atoms with Gasteiger partial charge in [0.25, 0.3) is 5.91 Å². The minimum Gasteiger partial charge on any atom is -0.308 e. The van der Waals surface area contributed by atoms with E-state index in [0.29, 0.717) is 27.0 Å². The van der Waals surface area contributed by atoms with Gasteiger partial charge in [-0.3, -0.25) is 20.4 Å². The molecule has 0 saturated heterocycles. The summed E-state index contributed by atoms with van der Waals surface area (Å²) in [6.45, 7) is 4.20. The van der Waals surface area contributed by atoms with Gasteiger partial charge in [-0.05, 0) is 24.3 Å². The third-order valence-corrected chi connectivity index (χ3v) is 4.61. The maximum atomic E-state index is 12.4. The molecule has 0 radical (unpaired) electrons. The molecular weight excluding hydrogens is 361 g/mol. The number of nitrogens with one attached hydrogen (secondary N) is 2. The lowest BCUT2D eigenvalue weighted by Gasteiger charge is -2.17. The molecule has 0 unspecified atom stereocenters. The molecule has 128 valence electrons. The number of carbonyl (C=O) groups is 2. The number of rotatable bonds is 5. The van der Waals surface area contributed by atoms with Crippen LogP contribution in [0.3, 0.4) is 0 Å². The lowest BCUT2D eigenvalue weighted by Crippen LogP contribution is -2.33. The Morgan fingerprint density at radius 3 is 2.48 bits per heavy atom. The summed E-state index contributed by atoms with van der Waals surface area (Å²) in [6.07, 6.45) is 0.132. The predicted octanol–water partition coefficient (Wildman–Crippen LogP) is 3.95. The van der Waals surface area contributed by atoms with E-state index in [2.05, 4.69) is 17.4 Å². The second kappa shape index (κ2) is 7.17. The molecule has 2 aromatic rings. The van der Waals surface area contributed by atoms with Gasteiger partial charge in [-0.25, -0.2) is 0 Å². The minimum atomic E-state index is -0.261. The van der Waals surface area contributed by atoms with Crippen LogP contribution in [0.5, 0.6) is 0 Å². The number of anilines is 1. The lowest BCUT2D eigenvalue weighted by molar-refractivity contribution is -0.120. The van der Waals surface area contributed by atoms with E-state index in [9.17, 15) is 9.59 Å². The van der Waals surface area contributed by atoms with Gasteiger partial charge in [0.1, 0.15) is 0 Å². The Hall–Kier alpha value is -2.50. The number of benzene rings is 2. The zero-order valence-electron chi connectivity index (χ0n) is 13.2. The number of carbonyl (C=O) groups excluding carboxylic acids is 2. The summed E-state index contributed by atoms with van der Waals surface area (Å²) < 4.78 is 0. The molecule has 1 aliphatic rings. The van der Waals surface area contributed by atoms with Crippen molar-refractivity contribution in [3.8, 4) is 0 Å². The number of hydrogen-bond acceptors (Lipinski definition) is 3. The van der Waals surface area contributed by atoms with Crippen LogP contribution in [0.25, 0.3) is 5.70 Å². The zero-order valence-corrected chi connectivity index (χ0v) is 14.7. The van der Waals surface area contributed by atoms with Crippen molar-refractivity contribution in [1.29, 1.82) is 0 Å². The van der Waals surface area contributed by atoms with Crippen LogP contribution < -0.4 is 10.9 Å². The molecule has 25 heavy (non-hydrogen) atoms. The standard InChI is InChI=1S/C18H15Cl2N3O2/c1-11-13-4-2-3-5-14(13)18(25)23(11)9-8-17(24)22-21-12-6-7-15(19)16(20)10-12/h2-7,10,21H,1,8-9H2,(H,22,24). The molecule has 1 aliphatic heterocycles. The van der Waals surface area contributed by atoms with Crippen LogP contribution in [0.4, 0.5) is 5.69 Å². The highest BCUT2D eigenvalue weighted by atomic mass is 35.5. The van der Waals surface area contributed by atoms with Crippen molar-refractivity contribution < 1.29 is 9.59 Å². The minimum absolute atomic E-state index is 0.132. The van der Waals surface area contributed by atoms with Crippen molar-refractivity contribution in [2.24, 2.45) is 0 Å². The van der Waals surface area contributed by atoms with Gasteiger partial charge in [0.15, 0.2) is 0 Å². The molecular formula is C18H15Cl2N3O2. The van der Waals surface area contributed by atoms with E-state index in [0.717, 1.165) is 5.56 Å².